The first kappa shape index (κ1) is 21.1. The zero-order valence-corrected chi connectivity index (χ0v) is 17.4. The van der Waals surface area contributed by atoms with Crippen molar-refractivity contribution >= 4 is 17.5 Å². The molecule has 0 saturated carbocycles. The maximum atomic E-state index is 12.9. The lowest BCUT2D eigenvalue weighted by Gasteiger charge is -2.32. The molecule has 154 valence electrons. The predicted molar refractivity (Wildman–Crippen MR) is 117 cm³/mol. The van der Waals surface area contributed by atoms with Crippen molar-refractivity contribution in [3.8, 4) is 0 Å². The number of piperidine rings is 1. The van der Waals surface area contributed by atoms with Gasteiger partial charge >= 0.3 is 0 Å². The first-order chi connectivity index (χ1) is 14.1. The predicted octanol–water partition coefficient (Wildman–Crippen LogP) is 4.07. The topological polar surface area (TPSA) is 61.4 Å². The van der Waals surface area contributed by atoms with Crippen LogP contribution in [0.2, 0.25) is 0 Å². The zero-order chi connectivity index (χ0) is 20.6. The molecule has 0 spiro atoms. The molecule has 2 unspecified atom stereocenters. The van der Waals surface area contributed by atoms with Gasteiger partial charge in [0.05, 0.1) is 17.2 Å². The molecule has 2 amide bonds. The van der Waals surface area contributed by atoms with Crippen LogP contribution in [0.4, 0.5) is 5.69 Å². The fourth-order valence-electron chi connectivity index (χ4n) is 3.68. The number of hydrogen-bond donors (Lipinski definition) is 2. The Balaban J connectivity index is 1.63. The normalized spacial score (nSPS) is 18.1. The van der Waals surface area contributed by atoms with Crippen molar-refractivity contribution in [1.82, 2.24) is 10.2 Å². The number of rotatable bonds is 7. The molecular weight excluding hydrogens is 362 g/mol. The molecule has 2 atom stereocenters. The average molecular weight is 394 g/mol. The Morgan fingerprint density at radius 1 is 1.10 bits per heavy atom. The quantitative estimate of drug-likeness (QED) is 0.746. The Kier molecular flexibility index (Phi) is 7.42. The molecule has 1 heterocycles. The second-order valence-corrected chi connectivity index (χ2v) is 7.88. The average Bonchev–Trinajstić information content (AvgIpc) is 2.75. The molecular formula is C24H31N3O2. The van der Waals surface area contributed by atoms with Crippen molar-refractivity contribution in [3.63, 3.8) is 0 Å². The van der Waals surface area contributed by atoms with Crippen molar-refractivity contribution in [1.29, 1.82) is 0 Å². The van der Waals surface area contributed by atoms with Gasteiger partial charge in [0.15, 0.2) is 0 Å². The number of benzene rings is 2. The molecule has 0 aromatic heterocycles. The maximum Gasteiger partial charge on any atom is 0.253 e. The van der Waals surface area contributed by atoms with Crippen LogP contribution >= 0.6 is 0 Å². The molecule has 2 aromatic carbocycles. The molecule has 3 rings (SSSR count). The number of amides is 2. The highest BCUT2D eigenvalue weighted by Gasteiger charge is 2.26. The molecule has 1 saturated heterocycles. The lowest BCUT2D eigenvalue weighted by atomic mass is 9.96. The van der Waals surface area contributed by atoms with E-state index >= 15 is 0 Å². The number of likely N-dealkylation sites (tertiary alicyclic amines) is 1. The summed E-state index contributed by atoms with van der Waals surface area (Å²) >= 11 is 0. The summed E-state index contributed by atoms with van der Waals surface area (Å²) in [6.07, 6.45) is 2.74. The van der Waals surface area contributed by atoms with Crippen LogP contribution in [-0.4, -0.2) is 35.8 Å². The minimum absolute atomic E-state index is 0.00782. The van der Waals surface area contributed by atoms with E-state index in [1.165, 1.54) is 5.56 Å². The van der Waals surface area contributed by atoms with Gasteiger partial charge in [-0.2, -0.15) is 0 Å². The molecule has 0 aliphatic carbocycles. The van der Waals surface area contributed by atoms with Crippen molar-refractivity contribution in [2.75, 3.05) is 18.4 Å². The van der Waals surface area contributed by atoms with Gasteiger partial charge < -0.3 is 10.6 Å². The van der Waals surface area contributed by atoms with Gasteiger partial charge in [-0.25, -0.2) is 0 Å². The number of anilines is 1. The largest absolute Gasteiger partial charge is 0.350 e. The number of nitrogens with one attached hydrogen (secondary N) is 2. The SMILES string of the molecule is CCC(C)NC(=O)c1ccccc1NC(=O)C1CCCN(Cc2ccccc2)C1. The lowest BCUT2D eigenvalue weighted by molar-refractivity contribution is -0.121. The van der Waals surface area contributed by atoms with Crippen molar-refractivity contribution in [3.05, 3.63) is 65.7 Å². The van der Waals surface area contributed by atoms with Gasteiger partial charge in [-0.3, -0.25) is 14.5 Å². The molecule has 5 heteroatoms. The van der Waals surface area contributed by atoms with Gasteiger partial charge in [0.2, 0.25) is 5.91 Å². The van der Waals surface area contributed by atoms with E-state index in [4.69, 9.17) is 0 Å². The Morgan fingerprint density at radius 3 is 2.59 bits per heavy atom. The summed E-state index contributed by atoms with van der Waals surface area (Å²) in [6, 6.07) is 17.7. The number of carbonyl (C=O) groups excluding carboxylic acids is 2. The van der Waals surface area contributed by atoms with Crippen molar-refractivity contribution in [2.24, 2.45) is 5.92 Å². The zero-order valence-electron chi connectivity index (χ0n) is 17.4. The molecule has 0 bridgehead atoms. The van der Waals surface area contributed by atoms with Crippen molar-refractivity contribution < 1.29 is 9.59 Å². The summed E-state index contributed by atoms with van der Waals surface area (Å²) in [5.74, 6) is -0.228. The van der Waals surface area contributed by atoms with E-state index < -0.39 is 0 Å². The second-order valence-electron chi connectivity index (χ2n) is 7.88. The summed E-state index contributed by atoms with van der Waals surface area (Å²) in [5, 5.41) is 5.99. The van der Waals surface area contributed by atoms with Crippen LogP contribution in [0.25, 0.3) is 0 Å². The third-order valence-corrected chi connectivity index (χ3v) is 5.54. The molecule has 1 aliphatic heterocycles. The Bertz CT molecular complexity index is 822. The third-order valence-electron chi connectivity index (χ3n) is 5.54. The summed E-state index contributed by atoms with van der Waals surface area (Å²) < 4.78 is 0. The van der Waals surface area contributed by atoms with E-state index in [9.17, 15) is 9.59 Å². The smallest absolute Gasteiger partial charge is 0.253 e. The summed E-state index contributed by atoms with van der Waals surface area (Å²) in [4.78, 5) is 27.9. The molecule has 2 N–H and O–H groups in total. The van der Waals surface area contributed by atoms with Crippen LogP contribution < -0.4 is 10.6 Å². The highest BCUT2D eigenvalue weighted by molar-refractivity contribution is 6.04. The van der Waals surface area contributed by atoms with Crippen LogP contribution in [0.15, 0.2) is 54.6 Å². The molecule has 0 radical (unpaired) electrons. The van der Waals surface area contributed by atoms with E-state index in [2.05, 4.69) is 27.7 Å². The van der Waals surface area contributed by atoms with E-state index in [1.54, 1.807) is 12.1 Å². The minimum Gasteiger partial charge on any atom is -0.350 e. The van der Waals surface area contributed by atoms with Gasteiger partial charge in [-0.1, -0.05) is 49.4 Å². The molecule has 29 heavy (non-hydrogen) atoms. The Hall–Kier alpha value is -2.66. The van der Waals surface area contributed by atoms with Crippen LogP contribution in [0.5, 0.6) is 0 Å². The van der Waals surface area contributed by atoms with E-state index in [0.717, 1.165) is 38.9 Å². The van der Waals surface area contributed by atoms with Gasteiger partial charge in [-0.05, 0) is 50.4 Å². The van der Waals surface area contributed by atoms with E-state index in [-0.39, 0.29) is 23.8 Å². The Labute approximate surface area is 173 Å². The molecule has 1 aliphatic rings. The number of hydrogen-bond acceptors (Lipinski definition) is 3. The standard InChI is InChI=1S/C24H31N3O2/c1-3-18(2)25-24(29)21-13-7-8-14-22(21)26-23(28)20-12-9-15-27(17-20)16-19-10-5-4-6-11-19/h4-8,10-11,13-14,18,20H,3,9,12,15-17H2,1-2H3,(H,25,29)(H,26,28). The van der Waals surface area contributed by atoms with Crippen LogP contribution in [0.1, 0.15) is 49.0 Å². The number of para-hydroxylation sites is 1. The molecule has 1 fully saturated rings. The fraction of sp³-hybridized carbons (Fsp3) is 0.417. The Morgan fingerprint density at radius 2 is 1.83 bits per heavy atom. The summed E-state index contributed by atoms with van der Waals surface area (Å²) in [6.45, 7) is 6.61. The van der Waals surface area contributed by atoms with Crippen molar-refractivity contribution in [2.45, 2.75) is 45.7 Å². The van der Waals surface area contributed by atoms with Crippen LogP contribution in [-0.2, 0) is 11.3 Å². The van der Waals surface area contributed by atoms with Gasteiger partial charge in [0, 0.05) is 19.1 Å². The van der Waals surface area contributed by atoms with Gasteiger partial charge in [0.25, 0.3) is 5.91 Å². The first-order valence-corrected chi connectivity index (χ1v) is 10.5. The fourth-order valence-corrected chi connectivity index (χ4v) is 3.68. The van der Waals surface area contributed by atoms with Crippen LogP contribution in [0, 0.1) is 5.92 Å². The number of carbonyl (C=O) groups is 2. The molecule has 5 nitrogen and oxygen atoms in total. The first-order valence-electron chi connectivity index (χ1n) is 10.5. The minimum atomic E-state index is -0.149. The molecule has 2 aromatic rings. The van der Waals surface area contributed by atoms with E-state index in [0.29, 0.717) is 11.3 Å². The van der Waals surface area contributed by atoms with Crippen LogP contribution in [0.3, 0.4) is 0 Å². The van der Waals surface area contributed by atoms with E-state index in [1.807, 2.05) is 44.2 Å². The summed E-state index contributed by atoms with van der Waals surface area (Å²) in [7, 11) is 0. The highest BCUT2D eigenvalue weighted by atomic mass is 16.2. The highest BCUT2D eigenvalue weighted by Crippen LogP contribution is 2.22. The summed E-state index contributed by atoms with van der Waals surface area (Å²) in [5.41, 5.74) is 2.36. The maximum absolute atomic E-state index is 12.9. The monoisotopic (exact) mass is 393 g/mol. The van der Waals surface area contributed by atoms with Gasteiger partial charge in [0.1, 0.15) is 0 Å². The number of nitrogens with zero attached hydrogens (tertiary/aromatic N) is 1. The van der Waals surface area contributed by atoms with Gasteiger partial charge in [-0.15, -0.1) is 0 Å². The second kappa shape index (κ2) is 10.2. The third kappa shape index (κ3) is 5.91. The lowest BCUT2D eigenvalue weighted by Crippen LogP contribution is -2.40.